The number of anilines is 4. The number of likely N-dealkylation sites (N-methyl/N-ethyl adjacent to an activating group) is 2. The monoisotopic (exact) mass is 530 g/mol. The molecular formula is C27H27ClN8O2. The van der Waals surface area contributed by atoms with Crippen LogP contribution in [-0.2, 0) is 4.79 Å². The molecular weight excluding hydrogens is 504 g/mol. The molecule has 3 aromatic heterocycles. The number of nitrogens with one attached hydrogen (secondary N) is 2. The highest BCUT2D eigenvalue weighted by atomic mass is 35.5. The number of pyridine rings is 2. The molecule has 0 unspecified atom stereocenters. The van der Waals surface area contributed by atoms with Crippen molar-refractivity contribution in [1.82, 2.24) is 24.8 Å². The summed E-state index contributed by atoms with van der Waals surface area (Å²) in [6, 6.07) is 7.65. The van der Waals surface area contributed by atoms with Crippen molar-refractivity contribution in [2.75, 3.05) is 49.8 Å². The molecule has 11 heteroatoms. The fourth-order valence-electron chi connectivity index (χ4n) is 4.41. The Morgan fingerprint density at radius 3 is 2.74 bits per heavy atom. The van der Waals surface area contributed by atoms with Crippen LogP contribution in [0.4, 0.5) is 23.0 Å². The number of ether oxygens (including phenoxy) is 1. The minimum absolute atomic E-state index is 0.311. The minimum Gasteiger partial charge on any atom is -0.494 e. The number of hydrogen-bond acceptors (Lipinski definition) is 9. The first kappa shape index (κ1) is 25.4. The van der Waals surface area contributed by atoms with Crippen molar-refractivity contribution >= 4 is 51.4 Å². The molecule has 0 bridgehead atoms. The Morgan fingerprint density at radius 2 is 2.03 bits per heavy atom. The molecule has 0 saturated carbocycles. The SMILES string of the molecule is C=CC(=O)Nc1cc(Nc2ncc3ccnc(-c4cncc(Cl)c4)c3n2)c(OC)cc1N(C)C1CN(C)C1. The van der Waals surface area contributed by atoms with Gasteiger partial charge in [-0.3, -0.25) is 14.8 Å². The second-order valence-corrected chi connectivity index (χ2v) is 9.49. The Morgan fingerprint density at radius 1 is 1.21 bits per heavy atom. The molecule has 0 spiro atoms. The van der Waals surface area contributed by atoms with E-state index in [2.05, 4.69) is 49.0 Å². The molecule has 1 fully saturated rings. The summed E-state index contributed by atoms with van der Waals surface area (Å²) in [6.45, 7) is 5.44. The number of nitrogens with zero attached hydrogens (tertiary/aromatic N) is 6. The molecule has 0 aliphatic carbocycles. The summed E-state index contributed by atoms with van der Waals surface area (Å²) in [6.07, 6.45) is 7.91. The van der Waals surface area contributed by atoms with Crippen molar-refractivity contribution in [2.45, 2.75) is 6.04 Å². The fourth-order valence-corrected chi connectivity index (χ4v) is 4.58. The van der Waals surface area contributed by atoms with E-state index in [4.69, 9.17) is 21.3 Å². The number of carbonyl (C=O) groups excluding carboxylic acids is 1. The van der Waals surface area contributed by atoms with Crippen LogP contribution in [0, 0.1) is 0 Å². The molecule has 1 amide bonds. The molecule has 2 N–H and O–H groups in total. The van der Waals surface area contributed by atoms with Crippen molar-refractivity contribution < 1.29 is 9.53 Å². The van der Waals surface area contributed by atoms with Crippen LogP contribution in [0.25, 0.3) is 22.2 Å². The molecule has 1 aromatic carbocycles. The predicted molar refractivity (Wildman–Crippen MR) is 150 cm³/mol. The largest absolute Gasteiger partial charge is 0.494 e. The summed E-state index contributed by atoms with van der Waals surface area (Å²) in [5, 5.41) is 7.49. The highest BCUT2D eigenvalue weighted by molar-refractivity contribution is 6.30. The average Bonchev–Trinajstić information content (AvgIpc) is 2.90. The van der Waals surface area contributed by atoms with Gasteiger partial charge in [0.25, 0.3) is 0 Å². The van der Waals surface area contributed by atoms with Gasteiger partial charge in [0.1, 0.15) is 11.3 Å². The first-order valence-electron chi connectivity index (χ1n) is 11.9. The lowest BCUT2D eigenvalue weighted by Gasteiger charge is -2.43. The standard InChI is InChI=1S/C27H27ClN8O2/c1-5-24(37)32-20-9-21(23(38-4)10-22(20)36(3)19-14-35(2)15-19)33-27-31-12-16-6-7-30-25(26(16)34-27)17-8-18(28)13-29-11-17/h5-13,19H,1,14-15H2,2-4H3,(H,32,37)(H,31,33,34). The zero-order valence-corrected chi connectivity index (χ0v) is 22.0. The highest BCUT2D eigenvalue weighted by Gasteiger charge is 2.29. The van der Waals surface area contributed by atoms with Crippen molar-refractivity contribution in [3.05, 3.63) is 66.7 Å². The van der Waals surface area contributed by atoms with E-state index in [1.165, 1.54) is 6.08 Å². The predicted octanol–water partition coefficient (Wildman–Crippen LogP) is 4.37. The number of benzene rings is 1. The number of halogens is 1. The van der Waals surface area contributed by atoms with Gasteiger partial charge in [0.05, 0.1) is 40.9 Å². The number of fused-ring (bicyclic) bond motifs is 1. The van der Waals surface area contributed by atoms with Gasteiger partial charge in [-0.15, -0.1) is 0 Å². The quantitative estimate of drug-likeness (QED) is 0.321. The summed E-state index contributed by atoms with van der Waals surface area (Å²) >= 11 is 6.16. The van der Waals surface area contributed by atoms with E-state index < -0.39 is 0 Å². The van der Waals surface area contributed by atoms with E-state index in [0.29, 0.717) is 45.3 Å². The maximum Gasteiger partial charge on any atom is 0.247 e. The molecule has 5 rings (SSSR count). The molecule has 10 nitrogen and oxygen atoms in total. The number of hydrogen-bond donors (Lipinski definition) is 2. The zero-order chi connectivity index (χ0) is 26.8. The third-order valence-corrected chi connectivity index (χ3v) is 6.66. The number of rotatable bonds is 8. The van der Waals surface area contributed by atoms with Gasteiger partial charge < -0.3 is 25.2 Å². The Hall–Kier alpha value is -4.28. The molecule has 1 aliphatic rings. The van der Waals surface area contributed by atoms with Gasteiger partial charge in [-0.1, -0.05) is 18.2 Å². The summed E-state index contributed by atoms with van der Waals surface area (Å²) in [5.41, 5.74) is 4.05. The van der Waals surface area contributed by atoms with Crippen LogP contribution in [-0.4, -0.2) is 71.1 Å². The van der Waals surface area contributed by atoms with Gasteiger partial charge in [0, 0.05) is 61.9 Å². The summed E-state index contributed by atoms with van der Waals surface area (Å²) < 4.78 is 5.72. The minimum atomic E-state index is -0.311. The molecule has 194 valence electrons. The van der Waals surface area contributed by atoms with E-state index >= 15 is 0 Å². The molecule has 4 heterocycles. The van der Waals surface area contributed by atoms with Gasteiger partial charge in [-0.2, -0.15) is 0 Å². The summed E-state index contributed by atoms with van der Waals surface area (Å²) in [4.78, 5) is 34.6. The second-order valence-electron chi connectivity index (χ2n) is 9.06. The summed E-state index contributed by atoms with van der Waals surface area (Å²) in [5.74, 6) is 0.599. The van der Waals surface area contributed by atoms with Gasteiger partial charge >= 0.3 is 0 Å². The molecule has 38 heavy (non-hydrogen) atoms. The first-order valence-corrected chi connectivity index (χ1v) is 12.3. The van der Waals surface area contributed by atoms with Crippen LogP contribution in [0.15, 0.2) is 61.7 Å². The molecule has 0 radical (unpaired) electrons. The number of carbonyl (C=O) groups is 1. The Kier molecular flexibility index (Phi) is 7.08. The average molecular weight is 531 g/mol. The van der Waals surface area contributed by atoms with Crippen LogP contribution >= 0.6 is 11.6 Å². The highest BCUT2D eigenvalue weighted by Crippen LogP contribution is 2.39. The van der Waals surface area contributed by atoms with E-state index in [1.54, 1.807) is 38.0 Å². The Labute approximate surface area is 225 Å². The second kappa shape index (κ2) is 10.6. The first-order chi connectivity index (χ1) is 18.4. The Balaban J connectivity index is 1.54. The number of likely N-dealkylation sites (tertiary alicyclic amines) is 1. The van der Waals surface area contributed by atoms with E-state index in [-0.39, 0.29) is 5.91 Å². The van der Waals surface area contributed by atoms with Gasteiger partial charge in [0.2, 0.25) is 11.9 Å². The topological polar surface area (TPSA) is 108 Å². The smallest absolute Gasteiger partial charge is 0.247 e. The molecule has 1 aliphatic heterocycles. The van der Waals surface area contributed by atoms with Gasteiger partial charge in [-0.25, -0.2) is 9.97 Å². The van der Waals surface area contributed by atoms with Gasteiger partial charge in [0.15, 0.2) is 0 Å². The third-order valence-electron chi connectivity index (χ3n) is 6.46. The van der Waals surface area contributed by atoms with Crippen molar-refractivity contribution in [1.29, 1.82) is 0 Å². The van der Waals surface area contributed by atoms with Gasteiger partial charge in [-0.05, 0) is 31.3 Å². The van der Waals surface area contributed by atoms with Crippen molar-refractivity contribution in [3.8, 4) is 17.0 Å². The number of amides is 1. The fraction of sp³-hybridized carbons (Fsp3) is 0.222. The van der Waals surface area contributed by atoms with Crippen LogP contribution in [0.1, 0.15) is 0 Å². The lowest BCUT2D eigenvalue weighted by Crippen LogP contribution is -2.56. The van der Waals surface area contributed by atoms with Crippen molar-refractivity contribution in [3.63, 3.8) is 0 Å². The van der Waals surface area contributed by atoms with E-state index in [1.807, 2.05) is 25.2 Å². The molecule has 0 atom stereocenters. The third kappa shape index (κ3) is 5.09. The van der Waals surface area contributed by atoms with Crippen molar-refractivity contribution in [2.24, 2.45) is 0 Å². The maximum absolute atomic E-state index is 12.3. The number of methoxy groups -OCH3 is 1. The lowest BCUT2D eigenvalue weighted by molar-refractivity contribution is -0.111. The number of aromatic nitrogens is 4. The van der Waals surface area contributed by atoms with Crippen LogP contribution < -0.4 is 20.3 Å². The Bertz CT molecular complexity index is 1520. The van der Waals surface area contributed by atoms with Crippen LogP contribution in [0.3, 0.4) is 0 Å². The molecule has 1 saturated heterocycles. The normalized spacial score (nSPS) is 13.6. The molecule has 4 aromatic rings. The van der Waals surface area contributed by atoms with Crippen LogP contribution in [0.2, 0.25) is 5.02 Å². The van der Waals surface area contributed by atoms with E-state index in [9.17, 15) is 4.79 Å². The lowest BCUT2D eigenvalue weighted by atomic mass is 10.1. The summed E-state index contributed by atoms with van der Waals surface area (Å²) in [7, 11) is 5.68. The maximum atomic E-state index is 12.3. The van der Waals surface area contributed by atoms with E-state index in [0.717, 1.165) is 29.7 Å². The zero-order valence-electron chi connectivity index (χ0n) is 21.3. The van der Waals surface area contributed by atoms with Crippen LogP contribution in [0.5, 0.6) is 5.75 Å².